The van der Waals surface area contributed by atoms with Gasteiger partial charge in [-0.3, -0.25) is 9.59 Å². The number of rotatable bonds is 5. The summed E-state index contributed by atoms with van der Waals surface area (Å²) in [4.78, 5) is 22.8. The summed E-state index contributed by atoms with van der Waals surface area (Å²) in [6.45, 7) is 2.72. The van der Waals surface area contributed by atoms with Gasteiger partial charge in [0.05, 0.1) is 17.9 Å². The van der Waals surface area contributed by atoms with Crippen LogP contribution >= 0.6 is 0 Å². The van der Waals surface area contributed by atoms with Crippen LogP contribution in [0, 0.1) is 17.3 Å². The topological polar surface area (TPSA) is 75.6 Å². The molecule has 0 aliphatic heterocycles. The highest BCUT2D eigenvalue weighted by molar-refractivity contribution is 5.89. The monoisotopic (exact) mass is 267 g/mol. The molecule has 5 nitrogen and oxygen atoms in total. The van der Waals surface area contributed by atoms with Gasteiger partial charge in [-0.2, -0.15) is 0 Å². The molecule has 0 radical (unpaired) electrons. The molecule has 3 aliphatic rings. The maximum Gasteiger partial charge on any atom is 0.307 e. The van der Waals surface area contributed by atoms with Gasteiger partial charge in [-0.1, -0.05) is 6.42 Å². The van der Waals surface area contributed by atoms with Gasteiger partial charge in [-0.05, 0) is 32.6 Å². The fourth-order valence-electron chi connectivity index (χ4n) is 3.68. The second-order valence-electron chi connectivity index (χ2n) is 6.11. The summed E-state index contributed by atoms with van der Waals surface area (Å²) < 4.78 is 5.74. The average molecular weight is 267 g/mol. The Bertz CT molecular complexity index is 404. The Balaban J connectivity index is 1.54. The number of carboxylic acids is 1. The van der Waals surface area contributed by atoms with Crippen LogP contribution in [-0.4, -0.2) is 35.7 Å². The molecule has 0 aromatic heterocycles. The Morgan fingerprint density at radius 1 is 1.32 bits per heavy atom. The summed E-state index contributed by atoms with van der Waals surface area (Å²) in [6.07, 6.45) is 5.10. The van der Waals surface area contributed by atoms with Gasteiger partial charge in [0.25, 0.3) is 0 Å². The standard InChI is InChI=1S/C14H21NO4/c1-2-19-11-7-10(14(11)4-3-5-14)15-12(16)8-6-9(8)13(17)18/h8-11H,2-7H2,1H3,(H,15,16)(H,17,18)/t8-,9-,10-,11+/m0/s1. The first-order chi connectivity index (χ1) is 9.08. The summed E-state index contributed by atoms with van der Waals surface area (Å²) in [5, 5.41) is 11.9. The van der Waals surface area contributed by atoms with Crippen molar-refractivity contribution in [2.75, 3.05) is 6.61 Å². The molecule has 1 amide bonds. The molecule has 5 heteroatoms. The molecule has 19 heavy (non-hydrogen) atoms. The molecular formula is C14H21NO4. The zero-order chi connectivity index (χ0) is 13.6. The summed E-state index contributed by atoms with van der Waals surface area (Å²) in [5.41, 5.74) is 0.152. The van der Waals surface area contributed by atoms with Crippen LogP contribution in [0.25, 0.3) is 0 Å². The number of ether oxygens (including phenoxy) is 1. The minimum atomic E-state index is -0.848. The third-order valence-electron chi connectivity index (χ3n) is 5.20. The van der Waals surface area contributed by atoms with E-state index in [1.807, 2.05) is 6.92 Å². The molecule has 0 bridgehead atoms. The third kappa shape index (κ3) is 1.95. The van der Waals surface area contributed by atoms with Crippen molar-refractivity contribution in [2.24, 2.45) is 17.3 Å². The SMILES string of the molecule is CCO[C@@H]1C[C@H](NC(=O)[C@H]2C[C@@H]2C(=O)O)C12CCC2. The van der Waals surface area contributed by atoms with E-state index < -0.39 is 11.9 Å². The predicted octanol–water partition coefficient (Wildman–Crippen LogP) is 1.17. The van der Waals surface area contributed by atoms with Gasteiger partial charge >= 0.3 is 5.97 Å². The van der Waals surface area contributed by atoms with Crippen LogP contribution < -0.4 is 5.32 Å². The number of hydrogen-bond donors (Lipinski definition) is 2. The van der Waals surface area contributed by atoms with Gasteiger partial charge < -0.3 is 15.2 Å². The minimum absolute atomic E-state index is 0.0707. The predicted molar refractivity (Wildman–Crippen MR) is 67.5 cm³/mol. The largest absolute Gasteiger partial charge is 0.481 e. The van der Waals surface area contributed by atoms with E-state index in [4.69, 9.17) is 9.84 Å². The van der Waals surface area contributed by atoms with Crippen molar-refractivity contribution in [1.29, 1.82) is 0 Å². The normalized spacial score (nSPS) is 38.2. The number of carbonyl (C=O) groups is 2. The number of carboxylic acid groups (broad SMARTS) is 1. The third-order valence-corrected chi connectivity index (χ3v) is 5.20. The summed E-state index contributed by atoms with van der Waals surface area (Å²) in [5.74, 6) is -1.68. The highest BCUT2D eigenvalue weighted by Crippen LogP contribution is 2.57. The Labute approximate surface area is 112 Å². The number of aliphatic carboxylic acids is 1. The summed E-state index contributed by atoms with van der Waals surface area (Å²) in [6, 6.07) is 0.195. The average Bonchev–Trinajstić information content (AvgIpc) is 3.04. The number of hydrogen-bond acceptors (Lipinski definition) is 3. The first-order valence-corrected chi connectivity index (χ1v) is 7.23. The maximum atomic E-state index is 12.0. The molecular weight excluding hydrogens is 246 g/mol. The maximum absolute atomic E-state index is 12.0. The van der Waals surface area contributed by atoms with Crippen molar-refractivity contribution >= 4 is 11.9 Å². The second-order valence-corrected chi connectivity index (χ2v) is 6.11. The first-order valence-electron chi connectivity index (χ1n) is 7.23. The van der Waals surface area contributed by atoms with E-state index in [0.717, 1.165) is 25.9 Å². The smallest absolute Gasteiger partial charge is 0.307 e. The van der Waals surface area contributed by atoms with Crippen molar-refractivity contribution in [2.45, 2.75) is 51.2 Å². The van der Waals surface area contributed by atoms with Crippen molar-refractivity contribution < 1.29 is 19.4 Å². The molecule has 0 aromatic rings. The molecule has 106 valence electrons. The van der Waals surface area contributed by atoms with Crippen LogP contribution in [0.2, 0.25) is 0 Å². The van der Waals surface area contributed by atoms with Crippen LogP contribution in [0.4, 0.5) is 0 Å². The van der Waals surface area contributed by atoms with Crippen LogP contribution in [0.15, 0.2) is 0 Å². The fourth-order valence-corrected chi connectivity index (χ4v) is 3.68. The Morgan fingerprint density at radius 3 is 2.53 bits per heavy atom. The number of nitrogens with one attached hydrogen (secondary N) is 1. The van der Waals surface area contributed by atoms with E-state index in [0.29, 0.717) is 6.42 Å². The lowest BCUT2D eigenvalue weighted by Crippen LogP contribution is -2.67. The van der Waals surface area contributed by atoms with Crippen LogP contribution in [-0.2, 0) is 14.3 Å². The Morgan fingerprint density at radius 2 is 2.05 bits per heavy atom. The van der Waals surface area contributed by atoms with Gasteiger partial charge in [-0.15, -0.1) is 0 Å². The molecule has 2 N–H and O–H groups in total. The van der Waals surface area contributed by atoms with Gasteiger partial charge in [0.1, 0.15) is 0 Å². The number of carbonyl (C=O) groups excluding carboxylic acids is 1. The summed E-state index contributed by atoms with van der Waals surface area (Å²) in [7, 11) is 0. The lowest BCUT2D eigenvalue weighted by Gasteiger charge is -2.61. The van der Waals surface area contributed by atoms with E-state index >= 15 is 0 Å². The Kier molecular flexibility index (Phi) is 3.04. The number of amides is 1. The van der Waals surface area contributed by atoms with Gasteiger partial charge in [-0.25, -0.2) is 0 Å². The highest BCUT2D eigenvalue weighted by atomic mass is 16.5. The van der Waals surface area contributed by atoms with E-state index in [1.165, 1.54) is 6.42 Å². The quantitative estimate of drug-likeness (QED) is 0.784. The van der Waals surface area contributed by atoms with E-state index in [-0.39, 0.29) is 29.4 Å². The van der Waals surface area contributed by atoms with E-state index in [9.17, 15) is 9.59 Å². The van der Waals surface area contributed by atoms with E-state index in [1.54, 1.807) is 0 Å². The molecule has 4 atom stereocenters. The second kappa shape index (κ2) is 4.47. The van der Waals surface area contributed by atoms with Crippen LogP contribution in [0.1, 0.15) is 39.0 Å². The molecule has 0 heterocycles. The van der Waals surface area contributed by atoms with Gasteiger partial charge in [0.15, 0.2) is 0 Å². The zero-order valence-corrected chi connectivity index (χ0v) is 11.2. The van der Waals surface area contributed by atoms with E-state index in [2.05, 4.69) is 5.32 Å². The lowest BCUT2D eigenvalue weighted by atomic mass is 9.51. The Hall–Kier alpha value is -1.10. The molecule has 3 rings (SSSR count). The zero-order valence-electron chi connectivity index (χ0n) is 11.2. The molecule has 3 fully saturated rings. The van der Waals surface area contributed by atoms with Crippen LogP contribution in [0.5, 0.6) is 0 Å². The van der Waals surface area contributed by atoms with Crippen molar-refractivity contribution in [3.63, 3.8) is 0 Å². The molecule has 0 aromatic carbocycles. The van der Waals surface area contributed by atoms with Crippen LogP contribution in [0.3, 0.4) is 0 Å². The molecule has 0 saturated heterocycles. The lowest BCUT2D eigenvalue weighted by molar-refractivity contribution is -0.176. The molecule has 0 unspecified atom stereocenters. The van der Waals surface area contributed by atoms with Crippen molar-refractivity contribution in [1.82, 2.24) is 5.32 Å². The molecule has 3 saturated carbocycles. The molecule has 3 aliphatic carbocycles. The summed E-state index contributed by atoms with van der Waals surface area (Å²) >= 11 is 0. The van der Waals surface area contributed by atoms with Gasteiger partial charge in [0, 0.05) is 18.1 Å². The molecule has 1 spiro atoms. The first kappa shape index (κ1) is 12.9. The highest BCUT2D eigenvalue weighted by Gasteiger charge is 2.60. The van der Waals surface area contributed by atoms with Gasteiger partial charge in [0.2, 0.25) is 5.91 Å². The minimum Gasteiger partial charge on any atom is -0.481 e. The van der Waals surface area contributed by atoms with Crippen molar-refractivity contribution in [3.05, 3.63) is 0 Å². The fraction of sp³-hybridized carbons (Fsp3) is 0.857. The van der Waals surface area contributed by atoms with Crippen molar-refractivity contribution in [3.8, 4) is 0 Å².